The van der Waals surface area contributed by atoms with Crippen LogP contribution in [0.4, 0.5) is 18.9 Å². The lowest BCUT2D eigenvalue weighted by Crippen LogP contribution is -2.26. The Hall–Kier alpha value is -3.64. The van der Waals surface area contributed by atoms with E-state index in [1.165, 1.54) is 15.8 Å². The monoisotopic (exact) mass is 437 g/mol. The lowest BCUT2D eigenvalue weighted by molar-refractivity contribution is -0.137. The van der Waals surface area contributed by atoms with Crippen molar-refractivity contribution in [1.82, 2.24) is 20.2 Å². The molecule has 0 spiro atoms. The fourth-order valence-corrected chi connectivity index (χ4v) is 2.55. The summed E-state index contributed by atoms with van der Waals surface area (Å²) in [5, 5.41) is 5.71. The van der Waals surface area contributed by atoms with E-state index in [4.69, 9.17) is 15.4 Å². The zero-order valence-electron chi connectivity index (χ0n) is 16.8. The number of aryl methyl sites for hydroxylation is 1. The van der Waals surface area contributed by atoms with Gasteiger partial charge in [0.15, 0.2) is 5.82 Å². The van der Waals surface area contributed by atoms with Crippen molar-refractivity contribution in [2.45, 2.75) is 19.7 Å². The van der Waals surface area contributed by atoms with Crippen LogP contribution in [0.2, 0.25) is 0 Å². The molecule has 0 saturated carbocycles. The van der Waals surface area contributed by atoms with Gasteiger partial charge in [0.05, 0.1) is 11.3 Å². The SMILES string of the molecule is Cc1cccc(N(C)N)c1COc1ccn(-c2ccc(C(F)(F)F)cn2)n1.NNC=O. The van der Waals surface area contributed by atoms with Crippen LogP contribution in [0.3, 0.4) is 0 Å². The van der Waals surface area contributed by atoms with Crippen molar-refractivity contribution in [2.75, 3.05) is 12.1 Å². The number of amides is 1. The summed E-state index contributed by atoms with van der Waals surface area (Å²) >= 11 is 0. The van der Waals surface area contributed by atoms with Crippen LogP contribution in [0, 0.1) is 6.92 Å². The minimum Gasteiger partial charge on any atom is -0.472 e. The topological polar surface area (TPSA) is 124 Å². The average Bonchev–Trinajstić information content (AvgIpc) is 3.21. The molecule has 0 aliphatic rings. The summed E-state index contributed by atoms with van der Waals surface area (Å²) in [6.07, 6.45) is -1.68. The number of benzene rings is 1. The van der Waals surface area contributed by atoms with Gasteiger partial charge in [-0.05, 0) is 30.7 Å². The first kappa shape index (κ1) is 23.6. The third-order valence-electron chi connectivity index (χ3n) is 4.07. The molecule has 0 aliphatic carbocycles. The van der Waals surface area contributed by atoms with Gasteiger partial charge in [-0.25, -0.2) is 21.4 Å². The summed E-state index contributed by atoms with van der Waals surface area (Å²) in [6, 6.07) is 9.57. The van der Waals surface area contributed by atoms with Crippen LogP contribution in [0.5, 0.6) is 5.88 Å². The molecule has 0 unspecified atom stereocenters. The highest BCUT2D eigenvalue weighted by atomic mass is 19.4. The lowest BCUT2D eigenvalue weighted by Gasteiger charge is -2.18. The quantitative estimate of drug-likeness (QED) is 0.233. The number of hydrazine groups is 2. The third-order valence-corrected chi connectivity index (χ3v) is 4.07. The third kappa shape index (κ3) is 6.42. The molecular weight excluding hydrogens is 415 g/mol. The number of hydrogen-bond donors (Lipinski definition) is 3. The van der Waals surface area contributed by atoms with E-state index in [9.17, 15) is 13.2 Å². The molecule has 0 saturated heterocycles. The smallest absolute Gasteiger partial charge is 0.417 e. The molecule has 0 radical (unpaired) electrons. The second-order valence-electron chi connectivity index (χ2n) is 6.26. The zero-order valence-corrected chi connectivity index (χ0v) is 16.8. The molecule has 2 heterocycles. The summed E-state index contributed by atoms with van der Waals surface area (Å²) < 4.78 is 44.9. The maximum atomic E-state index is 12.6. The Morgan fingerprint density at radius 2 is 1.97 bits per heavy atom. The van der Waals surface area contributed by atoms with E-state index in [1.54, 1.807) is 24.7 Å². The largest absolute Gasteiger partial charge is 0.472 e. The molecule has 1 amide bonds. The van der Waals surface area contributed by atoms with Gasteiger partial charge in [0, 0.05) is 31.1 Å². The first-order valence-corrected chi connectivity index (χ1v) is 8.86. The van der Waals surface area contributed by atoms with Crippen LogP contribution in [0.25, 0.3) is 5.82 Å². The van der Waals surface area contributed by atoms with Crippen molar-refractivity contribution >= 4 is 12.1 Å². The predicted molar refractivity (Wildman–Crippen MR) is 108 cm³/mol. The highest BCUT2D eigenvalue weighted by Crippen LogP contribution is 2.29. The number of ether oxygens (including phenoxy) is 1. The van der Waals surface area contributed by atoms with Crippen molar-refractivity contribution < 1.29 is 22.7 Å². The van der Waals surface area contributed by atoms with Crippen LogP contribution in [0.1, 0.15) is 16.7 Å². The minimum absolute atomic E-state index is 0.251. The van der Waals surface area contributed by atoms with Gasteiger partial charge < -0.3 is 9.75 Å². The van der Waals surface area contributed by atoms with Crippen LogP contribution >= 0.6 is 0 Å². The van der Waals surface area contributed by atoms with Gasteiger partial charge in [0.2, 0.25) is 12.3 Å². The standard InChI is InChI=1S/C18H18F3N5O.CH4N2O/c1-12-4-3-5-15(25(2)22)14(12)11-27-17-8-9-26(24-17)16-7-6-13(10-23-16)18(19,20)21;2-3-1-4/h3-10H,11,22H2,1-2H3;1H,2H2,(H,3,4). The molecule has 0 fully saturated rings. The van der Waals surface area contributed by atoms with Crippen LogP contribution in [0.15, 0.2) is 48.8 Å². The number of halogens is 3. The first-order valence-electron chi connectivity index (χ1n) is 8.86. The fourth-order valence-electron chi connectivity index (χ4n) is 2.55. The lowest BCUT2D eigenvalue weighted by atomic mass is 10.1. The number of pyridine rings is 1. The van der Waals surface area contributed by atoms with Gasteiger partial charge in [-0.2, -0.15) is 13.2 Å². The van der Waals surface area contributed by atoms with E-state index in [0.29, 0.717) is 12.3 Å². The van der Waals surface area contributed by atoms with Crippen LogP contribution in [-0.2, 0) is 17.6 Å². The van der Waals surface area contributed by atoms with Crippen molar-refractivity contribution in [3.8, 4) is 11.7 Å². The zero-order chi connectivity index (χ0) is 23.0. The Balaban J connectivity index is 0.000000785. The summed E-state index contributed by atoms with van der Waals surface area (Å²) in [7, 11) is 1.74. The molecule has 31 heavy (non-hydrogen) atoms. The number of rotatable bonds is 6. The second kappa shape index (κ2) is 10.4. The summed E-state index contributed by atoms with van der Waals surface area (Å²) in [6.45, 7) is 2.21. The number of aromatic nitrogens is 3. The Morgan fingerprint density at radius 1 is 1.26 bits per heavy atom. The molecule has 5 N–H and O–H groups in total. The fraction of sp³-hybridized carbons (Fsp3) is 0.211. The normalized spacial score (nSPS) is 10.7. The van der Waals surface area contributed by atoms with Crippen molar-refractivity contribution in [2.24, 2.45) is 11.7 Å². The molecule has 0 atom stereocenters. The molecule has 0 aliphatic heterocycles. The van der Waals surface area contributed by atoms with Crippen molar-refractivity contribution in [1.29, 1.82) is 0 Å². The molecule has 2 aromatic heterocycles. The maximum absolute atomic E-state index is 12.6. The molecule has 1 aromatic carbocycles. The molecular formula is C19H22F3N7O2. The van der Waals surface area contributed by atoms with Crippen molar-refractivity contribution in [3.63, 3.8) is 0 Å². The molecule has 0 bridgehead atoms. The highest BCUT2D eigenvalue weighted by Gasteiger charge is 2.30. The first-order chi connectivity index (χ1) is 14.7. The number of alkyl halides is 3. The van der Waals surface area contributed by atoms with Gasteiger partial charge in [-0.3, -0.25) is 10.2 Å². The summed E-state index contributed by atoms with van der Waals surface area (Å²) in [4.78, 5) is 12.7. The molecule has 3 rings (SSSR count). The van der Waals surface area contributed by atoms with E-state index >= 15 is 0 Å². The minimum atomic E-state index is -4.43. The number of carbonyl (C=O) groups excluding carboxylic acids is 1. The molecule has 12 heteroatoms. The molecule has 9 nitrogen and oxygen atoms in total. The highest BCUT2D eigenvalue weighted by molar-refractivity contribution is 5.55. The van der Waals surface area contributed by atoms with Crippen LogP contribution < -0.4 is 26.9 Å². The number of nitrogens with two attached hydrogens (primary N) is 2. The number of nitrogens with one attached hydrogen (secondary N) is 1. The second-order valence-corrected chi connectivity index (χ2v) is 6.26. The molecule has 166 valence electrons. The Morgan fingerprint density at radius 3 is 2.52 bits per heavy atom. The average molecular weight is 437 g/mol. The van der Waals surface area contributed by atoms with Gasteiger partial charge in [0.1, 0.15) is 6.61 Å². The molecule has 3 aromatic rings. The Kier molecular flexibility index (Phi) is 7.94. The summed E-state index contributed by atoms with van der Waals surface area (Å²) in [5.74, 6) is 10.8. The van der Waals surface area contributed by atoms with Gasteiger partial charge in [-0.1, -0.05) is 12.1 Å². The number of hydrogen-bond acceptors (Lipinski definition) is 7. The summed E-state index contributed by atoms with van der Waals surface area (Å²) in [5.41, 5.74) is 3.71. The van der Waals surface area contributed by atoms with E-state index in [1.807, 2.05) is 25.1 Å². The van der Waals surface area contributed by atoms with Gasteiger partial charge in [0.25, 0.3) is 0 Å². The van der Waals surface area contributed by atoms with Gasteiger partial charge >= 0.3 is 6.18 Å². The van der Waals surface area contributed by atoms with E-state index in [2.05, 4.69) is 15.9 Å². The van der Waals surface area contributed by atoms with E-state index in [0.717, 1.165) is 29.1 Å². The van der Waals surface area contributed by atoms with E-state index in [-0.39, 0.29) is 12.4 Å². The van der Waals surface area contributed by atoms with Gasteiger partial charge in [-0.15, -0.1) is 5.10 Å². The van der Waals surface area contributed by atoms with Crippen LogP contribution in [-0.4, -0.2) is 28.2 Å². The number of anilines is 1. The Labute approximate surface area is 176 Å². The Bertz CT molecular complexity index is 989. The van der Waals surface area contributed by atoms with E-state index < -0.39 is 11.7 Å². The number of nitrogens with zero attached hydrogens (tertiary/aromatic N) is 4. The van der Waals surface area contributed by atoms with Crippen molar-refractivity contribution in [3.05, 3.63) is 65.5 Å². The maximum Gasteiger partial charge on any atom is 0.417 e. The number of carbonyl (C=O) groups is 1. The predicted octanol–water partition coefficient (Wildman–Crippen LogP) is 2.09.